The fourth-order valence-electron chi connectivity index (χ4n) is 9.69. The first kappa shape index (κ1) is 49.1. The summed E-state index contributed by atoms with van der Waals surface area (Å²) in [6.45, 7) is 3.96. The molecule has 5 heterocycles. The maximum Gasteiger partial charge on any atom is 0.329 e. The van der Waals surface area contributed by atoms with Gasteiger partial charge in [-0.1, -0.05) is 44.6 Å². The number of methoxy groups -OCH3 is 1. The maximum absolute atomic E-state index is 15.1. The van der Waals surface area contributed by atoms with Gasteiger partial charge >= 0.3 is 12.0 Å². The number of carbonyl (C=O) groups is 4. The van der Waals surface area contributed by atoms with Crippen molar-refractivity contribution < 1.29 is 42.2 Å². The molecular formula is C48H62N8O9S3. The maximum atomic E-state index is 15.1. The summed E-state index contributed by atoms with van der Waals surface area (Å²) in [5, 5.41) is 27.6. The van der Waals surface area contributed by atoms with E-state index in [0.29, 0.717) is 71.6 Å². The van der Waals surface area contributed by atoms with Gasteiger partial charge in [0.25, 0.3) is 10.0 Å². The van der Waals surface area contributed by atoms with Crippen LogP contribution in [0.4, 0.5) is 9.93 Å². The Morgan fingerprint density at radius 2 is 1.75 bits per heavy atom. The number of rotatable bonds is 13. The van der Waals surface area contributed by atoms with Crippen molar-refractivity contribution in [3.63, 3.8) is 0 Å². The van der Waals surface area contributed by atoms with E-state index in [4.69, 9.17) is 19.4 Å². The van der Waals surface area contributed by atoms with Crippen LogP contribution in [0.1, 0.15) is 104 Å². The lowest BCUT2D eigenvalue weighted by Crippen LogP contribution is -2.57. The van der Waals surface area contributed by atoms with Gasteiger partial charge in [0.1, 0.15) is 45.1 Å². The zero-order valence-corrected chi connectivity index (χ0v) is 41.5. The number of benzene rings is 1. The number of sulfonamides is 1. The van der Waals surface area contributed by atoms with Crippen molar-refractivity contribution in [1.82, 2.24) is 35.1 Å². The second-order valence-electron chi connectivity index (χ2n) is 18.7. The minimum atomic E-state index is -3.84. The van der Waals surface area contributed by atoms with Gasteiger partial charge in [-0.2, -0.15) is 4.31 Å². The Labute approximate surface area is 405 Å². The lowest BCUT2D eigenvalue weighted by atomic mass is 9.93. The molecule has 20 heteroatoms. The number of urea groups is 1. The second-order valence-corrected chi connectivity index (χ2v) is 22.8. The number of thiophene rings is 1. The largest absolute Gasteiger partial charge is 0.497 e. The molecule has 2 saturated heterocycles. The molecule has 0 radical (unpaired) electrons. The van der Waals surface area contributed by atoms with Crippen molar-refractivity contribution in [2.45, 2.75) is 138 Å². The van der Waals surface area contributed by atoms with Gasteiger partial charge in [0.05, 0.1) is 31.4 Å². The topological polar surface area (TPSA) is 221 Å². The fraction of sp³-hybridized carbons (Fsp3) is 0.542. The number of thiazole rings is 1. The lowest BCUT2D eigenvalue weighted by Gasteiger charge is -2.30. The van der Waals surface area contributed by atoms with E-state index in [0.717, 1.165) is 67.0 Å². The van der Waals surface area contributed by atoms with E-state index >= 15 is 4.79 Å². The smallest absolute Gasteiger partial charge is 0.329 e. The van der Waals surface area contributed by atoms with Gasteiger partial charge in [0.15, 0.2) is 5.13 Å². The minimum absolute atomic E-state index is 0.0324. The van der Waals surface area contributed by atoms with Gasteiger partial charge < -0.3 is 40.7 Å². The number of anilines is 1. The van der Waals surface area contributed by atoms with Crippen molar-refractivity contribution in [2.24, 2.45) is 5.92 Å². The van der Waals surface area contributed by atoms with Crippen LogP contribution in [0.25, 0.3) is 22.3 Å². The highest BCUT2D eigenvalue weighted by Gasteiger charge is 2.62. The van der Waals surface area contributed by atoms with Crippen LogP contribution in [0.15, 0.2) is 62.6 Å². The summed E-state index contributed by atoms with van der Waals surface area (Å²) in [4.78, 5) is 67.7. The van der Waals surface area contributed by atoms with Crippen molar-refractivity contribution >= 4 is 72.5 Å². The highest BCUT2D eigenvalue weighted by molar-refractivity contribution is 7.91. The van der Waals surface area contributed by atoms with E-state index < -0.39 is 57.6 Å². The third-order valence-corrected chi connectivity index (χ3v) is 17.4. The number of nitrogens with zero attached hydrogens (tertiary/aromatic N) is 4. The zero-order valence-electron chi connectivity index (χ0n) is 39.0. The monoisotopic (exact) mass is 990 g/mol. The van der Waals surface area contributed by atoms with Crippen LogP contribution in [0.2, 0.25) is 0 Å². The summed E-state index contributed by atoms with van der Waals surface area (Å²) >= 11 is 2.57. The minimum Gasteiger partial charge on any atom is -0.497 e. The van der Waals surface area contributed by atoms with Crippen LogP contribution in [-0.4, -0.2) is 114 Å². The first-order valence-corrected chi connectivity index (χ1v) is 26.9. The van der Waals surface area contributed by atoms with Gasteiger partial charge in [0, 0.05) is 48.1 Å². The van der Waals surface area contributed by atoms with Gasteiger partial charge in [-0.3, -0.25) is 9.59 Å². The number of hydrogen-bond acceptors (Lipinski definition) is 13. The molecule has 1 unspecified atom stereocenters. The molecule has 5 N–H and O–H groups in total. The van der Waals surface area contributed by atoms with Gasteiger partial charge in [-0.25, -0.2) is 28.0 Å². The number of aromatic nitrogens is 2. The van der Waals surface area contributed by atoms with Crippen molar-refractivity contribution in [3.8, 4) is 22.9 Å². The number of aliphatic carboxylic acids is 1. The van der Waals surface area contributed by atoms with Crippen molar-refractivity contribution in [2.75, 3.05) is 32.6 Å². The van der Waals surface area contributed by atoms with Crippen LogP contribution >= 0.6 is 22.7 Å². The number of carboxylic acid groups (broad SMARTS) is 1. The molecule has 2 aliphatic heterocycles. The van der Waals surface area contributed by atoms with Gasteiger partial charge in [-0.15, -0.1) is 22.7 Å². The van der Waals surface area contributed by atoms with Crippen molar-refractivity contribution in [1.29, 1.82) is 0 Å². The van der Waals surface area contributed by atoms with Crippen LogP contribution in [0.3, 0.4) is 0 Å². The summed E-state index contributed by atoms with van der Waals surface area (Å²) in [6.07, 6.45) is 8.76. The van der Waals surface area contributed by atoms with Crippen LogP contribution in [0.5, 0.6) is 11.5 Å². The molecule has 4 amide bonds. The predicted molar refractivity (Wildman–Crippen MR) is 261 cm³/mol. The molecule has 4 aliphatic rings. The Hall–Kier alpha value is -5.31. The Bertz CT molecular complexity index is 2630. The molecule has 0 bridgehead atoms. The molecule has 4 aromatic rings. The second kappa shape index (κ2) is 21.1. The molecule has 0 spiro atoms. The van der Waals surface area contributed by atoms with Crippen LogP contribution < -0.4 is 30.7 Å². The number of nitrogens with one attached hydrogen (secondary N) is 4. The van der Waals surface area contributed by atoms with E-state index in [1.807, 2.05) is 25.3 Å². The fourth-order valence-corrected chi connectivity index (χ4v) is 12.9. The molecule has 3 aromatic heterocycles. The average Bonchev–Trinajstić information content (AvgIpc) is 3.79. The Morgan fingerprint density at radius 1 is 1.00 bits per heavy atom. The number of fused-ring (bicyclic) bond motifs is 3. The summed E-state index contributed by atoms with van der Waals surface area (Å²) < 4.78 is 40.8. The first-order chi connectivity index (χ1) is 32.6. The Morgan fingerprint density at radius 3 is 2.47 bits per heavy atom. The molecule has 2 saturated carbocycles. The molecule has 2 aliphatic carbocycles. The molecular weight excluding hydrogens is 929 g/mol. The van der Waals surface area contributed by atoms with Crippen molar-refractivity contribution in [3.05, 3.63) is 58.4 Å². The van der Waals surface area contributed by atoms with Gasteiger partial charge in [0.2, 0.25) is 11.8 Å². The van der Waals surface area contributed by atoms with Crippen LogP contribution in [-0.2, 0) is 24.4 Å². The van der Waals surface area contributed by atoms with E-state index in [2.05, 4.69) is 21.3 Å². The van der Waals surface area contributed by atoms with E-state index in [1.165, 1.54) is 27.6 Å². The normalized spacial score (nSPS) is 23.8. The third kappa shape index (κ3) is 11.1. The molecule has 8 rings (SSSR count). The number of ether oxygens (including phenoxy) is 2. The van der Waals surface area contributed by atoms with E-state index in [9.17, 15) is 27.9 Å². The van der Waals surface area contributed by atoms with Crippen LogP contribution in [0, 0.1) is 5.92 Å². The number of amides is 4. The number of carbonyl (C=O) groups excluding carboxylic acids is 3. The first-order valence-electron chi connectivity index (χ1n) is 23.7. The Balaban J connectivity index is 1.09. The molecule has 1 aromatic carbocycles. The van der Waals surface area contributed by atoms with E-state index in [1.54, 1.807) is 42.8 Å². The van der Waals surface area contributed by atoms with E-state index in [-0.39, 0.29) is 42.1 Å². The molecule has 5 atom stereocenters. The third-order valence-electron chi connectivity index (χ3n) is 13.5. The molecule has 366 valence electrons. The molecule has 4 fully saturated rings. The highest BCUT2D eigenvalue weighted by Crippen LogP contribution is 2.48. The lowest BCUT2D eigenvalue weighted by molar-refractivity contribution is -0.145. The summed E-state index contributed by atoms with van der Waals surface area (Å²) in [6, 6.07) is 7.79. The summed E-state index contributed by atoms with van der Waals surface area (Å²) in [5.41, 5.74) is 1.77. The quantitative estimate of drug-likeness (QED) is 0.0879. The average molecular weight is 991 g/mol. The summed E-state index contributed by atoms with van der Waals surface area (Å²) in [5.74, 6) is -1.38. The SMILES string of the molecule is COc1ccc2c(O[C@@H]3C[C@H]4C(=O)N[C@]5(C(=O)O)CC5CCCCCCC[C@H](NC(=O)NC(CN(C)S(=O)(=O)c5cccs5)=C5CCCCC5)C(=O)N4C3)cc(-c3csc(NC(C)C)n3)nc2c1. The Kier molecular flexibility index (Phi) is 15.3. The molecule has 68 heavy (non-hydrogen) atoms. The van der Waals surface area contributed by atoms with Gasteiger partial charge in [-0.05, 0) is 93.9 Å². The number of hydrogen-bond donors (Lipinski definition) is 5. The number of allylic oxidation sites excluding steroid dienone is 1. The molecule has 17 nitrogen and oxygen atoms in total. The standard InChI is InChI=1S/C48H62N8O9S3/c1-29(2)49-47-53-39(28-67-47)37-24-41(34-20-19-32(64-4)22-36(34)50-37)65-33-23-40-43(57)54-48(45(59)60)25-31(48)16-11-6-5-7-12-17-35(44(58)56(40)26-33)51-46(61)52-38(30-14-9-8-10-15-30)27-55(3)68(62,63)42-18-13-21-66-42/h13,18-22,24,28-29,31,33,35,40H,5-12,14-17,23,25-27H2,1-4H3,(H,49,53)(H,54,57)(H,59,60)(H2,51,52,61)/t31?,33-,35+,40+,48-/m1/s1. The summed E-state index contributed by atoms with van der Waals surface area (Å²) in [7, 11) is -0.774. The number of likely N-dealkylation sites (N-methyl/N-ethyl adjacent to an activating group) is 1. The highest BCUT2D eigenvalue weighted by atomic mass is 32.2. The predicted octanol–water partition coefficient (Wildman–Crippen LogP) is 7.51. The number of pyridine rings is 1. The number of carboxylic acids is 1. The zero-order chi connectivity index (χ0) is 48.2.